The second-order valence-electron chi connectivity index (χ2n) is 8.52. The summed E-state index contributed by atoms with van der Waals surface area (Å²) in [7, 11) is 1.27. The van der Waals surface area contributed by atoms with Crippen LogP contribution in [0.25, 0.3) is 0 Å². The Kier molecular flexibility index (Phi) is 8.86. The van der Waals surface area contributed by atoms with Crippen LogP contribution in [0.2, 0.25) is 0 Å². The lowest BCUT2D eigenvalue weighted by molar-refractivity contribution is -0.144. The van der Waals surface area contributed by atoms with E-state index in [1.807, 2.05) is 44.2 Å². The van der Waals surface area contributed by atoms with Crippen molar-refractivity contribution < 1.29 is 33.3 Å². The zero-order valence-corrected chi connectivity index (χ0v) is 18.8. The summed E-state index contributed by atoms with van der Waals surface area (Å²) in [4.78, 5) is 36.7. The summed E-state index contributed by atoms with van der Waals surface area (Å²) in [5, 5.41) is 2.62. The van der Waals surface area contributed by atoms with Crippen LogP contribution < -0.4 is 5.32 Å². The first-order chi connectivity index (χ1) is 14.7. The Balaban J connectivity index is 2.06. The summed E-state index contributed by atoms with van der Waals surface area (Å²) in [6.07, 6.45) is 0.873. The lowest BCUT2D eigenvalue weighted by atomic mass is 9.73. The van der Waals surface area contributed by atoms with E-state index in [1.54, 1.807) is 6.92 Å². The second kappa shape index (κ2) is 11.1. The SMILES string of the molecule is CCOC(=O)CCC1(C[C@H](NC(=O)OCc2ccccc2)C(=O)OC)COC(C)(C)C1. The summed E-state index contributed by atoms with van der Waals surface area (Å²) >= 11 is 0. The van der Waals surface area contributed by atoms with Gasteiger partial charge in [-0.05, 0) is 51.0 Å². The number of carbonyl (C=O) groups excluding carboxylic acids is 3. The highest BCUT2D eigenvalue weighted by Crippen LogP contribution is 2.46. The molecule has 1 N–H and O–H groups in total. The summed E-state index contributed by atoms with van der Waals surface area (Å²) in [5.41, 5.74) is -0.0468. The van der Waals surface area contributed by atoms with Crippen molar-refractivity contribution in [3.8, 4) is 0 Å². The molecule has 31 heavy (non-hydrogen) atoms. The summed E-state index contributed by atoms with van der Waals surface area (Å²) in [5.74, 6) is -0.867. The smallest absolute Gasteiger partial charge is 0.408 e. The Morgan fingerprint density at radius 1 is 1.16 bits per heavy atom. The van der Waals surface area contributed by atoms with Gasteiger partial charge >= 0.3 is 18.0 Å². The number of amides is 1. The highest BCUT2D eigenvalue weighted by Gasteiger charge is 2.47. The van der Waals surface area contributed by atoms with Crippen LogP contribution in [0.15, 0.2) is 30.3 Å². The Morgan fingerprint density at radius 2 is 1.87 bits per heavy atom. The summed E-state index contributed by atoms with van der Waals surface area (Å²) in [6.45, 7) is 6.46. The molecular weight excluding hydrogens is 402 g/mol. The van der Waals surface area contributed by atoms with Crippen molar-refractivity contribution in [2.75, 3.05) is 20.3 Å². The van der Waals surface area contributed by atoms with E-state index >= 15 is 0 Å². The van der Waals surface area contributed by atoms with Crippen molar-refractivity contribution in [3.63, 3.8) is 0 Å². The molecule has 0 bridgehead atoms. The van der Waals surface area contributed by atoms with Gasteiger partial charge in [0.25, 0.3) is 0 Å². The second-order valence-corrected chi connectivity index (χ2v) is 8.52. The van der Waals surface area contributed by atoms with E-state index in [9.17, 15) is 14.4 Å². The minimum atomic E-state index is -0.923. The monoisotopic (exact) mass is 435 g/mol. The normalized spacial score (nSPS) is 20.5. The van der Waals surface area contributed by atoms with Crippen molar-refractivity contribution in [1.82, 2.24) is 5.32 Å². The van der Waals surface area contributed by atoms with Gasteiger partial charge in [-0.3, -0.25) is 4.79 Å². The molecule has 0 spiro atoms. The number of nitrogens with one attached hydrogen (secondary N) is 1. The van der Waals surface area contributed by atoms with Crippen LogP contribution in [0.3, 0.4) is 0 Å². The molecule has 172 valence electrons. The number of ether oxygens (including phenoxy) is 4. The van der Waals surface area contributed by atoms with Crippen molar-refractivity contribution in [2.45, 2.75) is 64.7 Å². The third-order valence-electron chi connectivity index (χ3n) is 5.36. The molecular formula is C23H33NO7. The zero-order valence-electron chi connectivity index (χ0n) is 18.8. The van der Waals surface area contributed by atoms with Gasteiger partial charge in [0.1, 0.15) is 12.6 Å². The van der Waals surface area contributed by atoms with Crippen molar-refractivity contribution in [2.24, 2.45) is 5.41 Å². The number of methoxy groups -OCH3 is 1. The molecule has 0 radical (unpaired) electrons. The molecule has 8 heteroatoms. The largest absolute Gasteiger partial charge is 0.467 e. The van der Waals surface area contributed by atoms with Crippen molar-refractivity contribution >= 4 is 18.0 Å². The first kappa shape index (κ1) is 24.7. The van der Waals surface area contributed by atoms with E-state index in [4.69, 9.17) is 18.9 Å². The Labute approximate surface area is 183 Å². The van der Waals surface area contributed by atoms with Gasteiger partial charge in [-0.15, -0.1) is 0 Å². The van der Waals surface area contributed by atoms with Crippen molar-refractivity contribution in [3.05, 3.63) is 35.9 Å². The molecule has 1 aliphatic rings. The van der Waals surface area contributed by atoms with E-state index in [0.29, 0.717) is 26.1 Å². The lowest BCUT2D eigenvalue weighted by Crippen LogP contribution is -2.46. The maximum atomic E-state index is 12.4. The van der Waals surface area contributed by atoms with Gasteiger partial charge < -0.3 is 24.3 Å². The molecule has 1 unspecified atom stereocenters. The van der Waals surface area contributed by atoms with Gasteiger partial charge in [0.2, 0.25) is 0 Å². The fourth-order valence-corrected chi connectivity index (χ4v) is 4.02. The molecule has 1 heterocycles. The molecule has 1 amide bonds. The van der Waals surface area contributed by atoms with Gasteiger partial charge in [-0.2, -0.15) is 0 Å². The fraction of sp³-hybridized carbons (Fsp3) is 0.609. The maximum absolute atomic E-state index is 12.4. The average molecular weight is 436 g/mol. The molecule has 1 aliphatic heterocycles. The van der Waals surface area contributed by atoms with Gasteiger partial charge in [0.15, 0.2) is 0 Å². The van der Waals surface area contributed by atoms with E-state index in [0.717, 1.165) is 5.56 Å². The number of esters is 2. The first-order valence-corrected chi connectivity index (χ1v) is 10.5. The van der Waals surface area contributed by atoms with E-state index in [2.05, 4.69) is 5.32 Å². The molecule has 1 aromatic carbocycles. The van der Waals surface area contributed by atoms with E-state index in [-0.39, 0.29) is 25.4 Å². The number of alkyl carbamates (subject to hydrolysis) is 1. The van der Waals surface area contributed by atoms with Crippen molar-refractivity contribution in [1.29, 1.82) is 0 Å². The van der Waals surface area contributed by atoms with E-state index in [1.165, 1.54) is 7.11 Å². The Hall–Kier alpha value is -2.61. The highest BCUT2D eigenvalue weighted by atomic mass is 16.6. The van der Waals surface area contributed by atoms with Crippen LogP contribution in [-0.4, -0.2) is 50.0 Å². The third-order valence-corrected chi connectivity index (χ3v) is 5.36. The molecule has 2 rings (SSSR count). The number of carbonyl (C=O) groups is 3. The number of hydrogen-bond acceptors (Lipinski definition) is 7. The maximum Gasteiger partial charge on any atom is 0.408 e. The molecule has 0 saturated carbocycles. The van der Waals surface area contributed by atoms with Crippen LogP contribution in [-0.2, 0) is 35.1 Å². The molecule has 0 aromatic heterocycles. The zero-order chi connectivity index (χ0) is 22.9. The van der Waals surface area contributed by atoms with Crippen LogP contribution in [0.5, 0.6) is 0 Å². The number of rotatable bonds is 10. The fourth-order valence-electron chi connectivity index (χ4n) is 4.02. The van der Waals surface area contributed by atoms with Crippen LogP contribution in [0.4, 0.5) is 4.79 Å². The predicted octanol–water partition coefficient (Wildman–Crippen LogP) is 3.37. The van der Waals surface area contributed by atoms with Gasteiger partial charge in [-0.1, -0.05) is 30.3 Å². The number of benzene rings is 1. The minimum Gasteiger partial charge on any atom is -0.467 e. The Bertz CT molecular complexity index is 750. The molecule has 8 nitrogen and oxygen atoms in total. The molecule has 2 atom stereocenters. The minimum absolute atomic E-state index is 0.0880. The molecule has 1 fully saturated rings. The molecule has 1 aromatic rings. The number of hydrogen-bond donors (Lipinski definition) is 1. The Morgan fingerprint density at radius 3 is 2.45 bits per heavy atom. The van der Waals surface area contributed by atoms with Crippen LogP contribution in [0.1, 0.15) is 52.0 Å². The summed E-state index contributed by atoms with van der Waals surface area (Å²) in [6, 6.07) is 8.33. The molecule has 1 saturated heterocycles. The van der Waals surface area contributed by atoms with Gasteiger partial charge in [-0.25, -0.2) is 9.59 Å². The van der Waals surface area contributed by atoms with E-state index < -0.39 is 29.1 Å². The quantitative estimate of drug-likeness (QED) is 0.444. The summed E-state index contributed by atoms with van der Waals surface area (Å²) < 4.78 is 21.1. The van der Waals surface area contributed by atoms with Crippen LogP contribution in [0, 0.1) is 5.41 Å². The highest BCUT2D eigenvalue weighted by molar-refractivity contribution is 5.81. The van der Waals surface area contributed by atoms with Gasteiger partial charge in [0.05, 0.1) is 25.9 Å². The predicted molar refractivity (Wildman–Crippen MR) is 113 cm³/mol. The van der Waals surface area contributed by atoms with Crippen LogP contribution >= 0.6 is 0 Å². The third kappa shape index (κ3) is 7.86. The standard InChI is InChI=1S/C23H33NO7/c1-5-29-19(25)11-12-23(15-22(2,3)31-16-23)13-18(20(26)28-4)24-21(27)30-14-17-9-7-6-8-10-17/h6-10,18H,5,11-16H2,1-4H3,(H,24,27)/t18-,23?/m0/s1. The molecule has 0 aliphatic carbocycles. The topological polar surface area (TPSA) is 100 Å². The lowest BCUT2D eigenvalue weighted by Gasteiger charge is -2.31. The van der Waals surface area contributed by atoms with Gasteiger partial charge in [0, 0.05) is 6.42 Å². The average Bonchev–Trinajstić information content (AvgIpc) is 3.05. The first-order valence-electron chi connectivity index (χ1n) is 10.5.